The molecule has 0 aliphatic heterocycles. The van der Waals surface area contributed by atoms with Crippen LogP contribution in [-0.4, -0.2) is 63.2 Å². The number of nitrogens with one attached hydrogen (secondary N) is 2. The summed E-state index contributed by atoms with van der Waals surface area (Å²) in [6.45, 7) is 4.88. The van der Waals surface area contributed by atoms with Gasteiger partial charge >= 0.3 is 0 Å². The molecule has 0 aromatic carbocycles. The van der Waals surface area contributed by atoms with E-state index in [2.05, 4.69) is 15.5 Å². The normalized spacial score (nSPS) is 16.8. The fourth-order valence-electron chi connectivity index (χ4n) is 3.09. The van der Waals surface area contributed by atoms with Gasteiger partial charge in [-0.25, -0.2) is 0 Å². The lowest BCUT2D eigenvalue weighted by molar-refractivity contribution is -0.129. The zero-order chi connectivity index (χ0) is 17.8. The molecule has 1 saturated carbocycles. The highest BCUT2D eigenvalue weighted by Crippen LogP contribution is 2.26. The minimum absolute atomic E-state index is 0.00356. The van der Waals surface area contributed by atoms with Crippen molar-refractivity contribution in [1.29, 1.82) is 0 Å². The second kappa shape index (κ2) is 12.3. The molecule has 0 bridgehead atoms. The van der Waals surface area contributed by atoms with Gasteiger partial charge in [0.25, 0.3) is 0 Å². The van der Waals surface area contributed by atoms with Crippen molar-refractivity contribution in [3.63, 3.8) is 0 Å². The van der Waals surface area contributed by atoms with Crippen LogP contribution in [0.15, 0.2) is 0 Å². The second-order valence-electron chi connectivity index (χ2n) is 6.94. The van der Waals surface area contributed by atoms with Crippen LogP contribution in [0, 0.1) is 5.92 Å². The average Bonchev–Trinajstić information content (AvgIpc) is 2.57. The van der Waals surface area contributed by atoms with Crippen LogP contribution in [0.3, 0.4) is 0 Å². The lowest BCUT2D eigenvalue weighted by Gasteiger charge is -2.22. The van der Waals surface area contributed by atoms with E-state index in [1.54, 1.807) is 14.0 Å². The SMILES string of the molecule is COCCN(C)CCCNC(=O)[C@H](C)NC(=O)CC1CCCCC1. The van der Waals surface area contributed by atoms with Crippen molar-refractivity contribution in [2.45, 2.75) is 57.9 Å². The molecular weight excluding hydrogens is 306 g/mol. The Kier molecular flexibility index (Phi) is 10.7. The minimum atomic E-state index is -0.465. The maximum Gasteiger partial charge on any atom is 0.242 e. The van der Waals surface area contributed by atoms with Gasteiger partial charge in [-0.05, 0) is 45.7 Å². The molecule has 1 rings (SSSR count). The zero-order valence-electron chi connectivity index (χ0n) is 15.6. The number of rotatable bonds is 11. The summed E-state index contributed by atoms with van der Waals surface area (Å²) in [6.07, 6.45) is 7.48. The Balaban J connectivity index is 2.11. The van der Waals surface area contributed by atoms with Gasteiger partial charge in [0.2, 0.25) is 11.8 Å². The molecule has 0 heterocycles. The molecule has 6 heteroatoms. The van der Waals surface area contributed by atoms with E-state index in [0.717, 1.165) is 32.4 Å². The van der Waals surface area contributed by atoms with Crippen molar-refractivity contribution in [3.8, 4) is 0 Å². The summed E-state index contributed by atoms with van der Waals surface area (Å²) in [6, 6.07) is -0.465. The fourth-order valence-corrected chi connectivity index (χ4v) is 3.09. The molecule has 6 nitrogen and oxygen atoms in total. The quantitative estimate of drug-likeness (QED) is 0.559. The topological polar surface area (TPSA) is 70.7 Å². The maximum atomic E-state index is 12.0. The largest absolute Gasteiger partial charge is 0.383 e. The van der Waals surface area contributed by atoms with E-state index in [1.165, 1.54) is 19.3 Å². The smallest absolute Gasteiger partial charge is 0.242 e. The summed E-state index contributed by atoms with van der Waals surface area (Å²) in [5.74, 6) is 0.395. The van der Waals surface area contributed by atoms with Crippen molar-refractivity contribution >= 4 is 11.8 Å². The highest BCUT2D eigenvalue weighted by molar-refractivity contribution is 5.87. The zero-order valence-corrected chi connectivity index (χ0v) is 15.6. The van der Waals surface area contributed by atoms with Gasteiger partial charge in [0, 0.05) is 26.6 Å². The molecule has 1 aliphatic rings. The Labute approximate surface area is 146 Å². The molecule has 0 unspecified atom stereocenters. The van der Waals surface area contributed by atoms with Crippen LogP contribution in [0.2, 0.25) is 0 Å². The van der Waals surface area contributed by atoms with Gasteiger partial charge < -0.3 is 20.3 Å². The van der Waals surface area contributed by atoms with E-state index >= 15 is 0 Å². The molecule has 2 N–H and O–H groups in total. The Bertz CT molecular complexity index is 371. The predicted molar refractivity (Wildman–Crippen MR) is 95.8 cm³/mol. The molecule has 0 aromatic rings. The molecule has 24 heavy (non-hydrogen) atoms. The summed E-state index contributed by atoms with van der Waals surface area (Å²) in [7, 11) is 3.73. The van der Waals surface area contributed by atoms with E-state index in [1.807, 2.05) is 7.05 Å². The maximum absolute atomic E-state index is 12.0. The summed E-state index contributed by atoms with van der Waals surface area (Å²) in [4.78, 5) is 26.2. The molecule has 0 saturated heterocycles. The molecule has 0 aromatic heterocycles. The first kappa shape index (κ1) is 20.9. The first-order valence-corrected chi connectivity index (χ1v) is 9.27. The first-order valence-electron chi connectivity index (χ1n) is 9.27. The number of methoxy groups -OCH3 is 1. The minimum Gasteiger partial charge on any atom is -0.383 e. The number of carbonyl (C=O) groups excluding carboxylic acids is 2. The van der Waals surface area contributed by atoms with E-state index in [4.69, 9.17) is 4.74 Å². The van der Waals surface area contributed by atoms with E-state index in [9.17, 15) is 9.59 Å². The molecule has 1 atom stereocenters. The molecule has 0 spiro atoms. The van der Waals surface area contributed by atoms with Gasteiger partial charge in [0.1, 0.15) is 6.04 Å². The van der Waals surface area contributed by atoms with Gasteiger partial charge in [0.05, 0.1) is 6.61 Å². The molecule has 2 amide bonds. The molecule has 140 valence electrons. The fraction of sp³-hybridized carbons (Fsp3) is 0.889. The van der Waals surface area contributed by atoms with E-state index in [-0.39, 0.29) is 11.8 Å². The van der Waals surface area contributed by atoms with E-state index < -0.39 is 6.04 Å². The van der Waals surface area contributed by atoms with Gasteiger partial charge in [-0.1, -0.05) is 19.3 Å². The number of hydrogen-bond acceptors (Lipinski definition) is 4. The van der Waals surface area contributed by atoms with Crippen molar-refractivity contribution < 1.29 is 14.3 Å². The van der Waals surface area contributed by atoms with Crippen LogP contribution >= 0.6 is 0 Å². The summed E-state index contributed by atoms with van der Waals surface area (Å²) >= 11 is 0. The second-order valence-corrected chi connectivity index (χ2v) is 6.94. The van der Waals surface area contributed by atoms with Crippen molar-refractivity contribution in [2.75, 3.05) is 40.4 Å². The number of nitrogens with zero attached hydrogens (tertiary/aromatic N) is 1. The van der Waals surface area contributed by atoms with Gasteiger partial charge in [-0.2, -0.15) is 0 Å². The summed E-state index contributed by atoms with van der Waals surface area (Å²) in [5.41, 5.74) is 0. The standard InChI is InChI=1S/C18H35N3O3/c1-15(20-17(22)14-16-8-5-4-6-9-16)18(23)19-10-7-11-21(2)12-13-24-3/h15-16H,4-14H2,1-3H3,(H,19,23)(H,20,22)/t15-/m0/s1. The average molecular weight is 341 g/mol. The van der Waals surface area contributed by atoms with Crippen LogP contribution in [0.1, 0.15) is 51.9 Å². The predicted octanol–water partition coefficient (Wildman–Crippen LogP) is 1.55. The van der Waals surface area contributed by atoms with Crippen molar-refractivity contribution in [1.82, 2.24) is 15.5 Å². The highest BCUT2D eigenvalue weighted by Gasteiger charge is 2.20. The van der Waals surface area contributed by atoms with Crippen LogP contribution < -0.4 is 10.6 Å². The number of hydrogen-bond donors (Lipinski definition) is 2. The third-order valence-corrected chi connectivity index (χ3v) is 4.66. The molecular formula is C18H35N3O3. The summed E-state index contributed by atoms with van der Waals surface area (Å²) < 4.78 is 5.03. The Hall–Kier alpha value is -1.14. The monoisotopic (exact) mass is 341 g/mol. The van der Waals surface area contributed by atoms with Crippen LogP contribution in [0.5, 0.6) is 0 Å². The Morgan fingerprint density at radius 3 is 2.58 bits per heavy atom. The van der Waals surface area contributed by atoms with Crippen molar-refractivity contribution in [3.05, 3.63) is 0 Å². The van der Waals surface area contributed by atoms with Crippen LogP contribution in [0.4, 0.5) is 0 Å². The third kappa shape index (κ3) is 9.23. The van der Waals surface area contributed by atoms with Gasteiger partial charge in [-0.15, -0.1) is 0 Å². The third-order valence-electron chi connectivity index (χ3n) is 4.66. The van der Waals surface area contributed by atoms with E-state index in [0.29, 0.717) is 25.5 Å². The Morgan fingerprint density at radius 1 is 1.21 bits per heavy atom. The molecule has 1 aliphatic carbocycles. The van der Waals surface area contributed by atoms with Crippen LogP contribution in [0.25, 0.3) is 0 Å². The van der Waals surface area contributed by atoms with Gasteiger partial charge in [0.15, 0.2) is 0 Å². The lowest BCUT2D eigenvalue weighted by atomic mass is 9.87. The molecule has 0 radical (unpaired) electrons. The number of likely N-dealkylation sites (N-methyl/N-ethyl adjacent to an activating group) is 1. The molecule has 1 fully saturated rings. The lowest BCUT2D eigenvalue weighted by Crippen LogP contribution is -2.45. The van der Waals surface area contributed by atoms with Crippen molar-refractivity contribution in [2.24, 2.45) is 5.92 Å². The Morgan fingerprint density at radius 2 is 1.92 bits per heavy atom. The van der Waals surface area contributed by atoms with Gasteiger partial charge in [-0.3, -0.25) is 9.59 Å². The number of amides is 2. The van der Waals surface area contributed by atoms with Crippen LogP contribution in [-0.2, 0) is 14.3 Å². The number of carbonyl (C=O) groups is 2. The number of ether oxygens (including phenoxy) is 1. The highest BCUT2D eigenvalue weighted by atomic mass is 16.5. The summed E-state index contributed by atoms with van der Waals surface area (Å²) in [5, 5.41) is 5.72. The first-order chi connectivity index (χ1) is 11.5.